The molecule has 0 unspecified atom stereocenters. The highest BCUT2D eigenvalue weighted by Crippen LogP contribution is 2.30. The Morgan fingerprint density at radius 1 is 1.10 bits per heavy atom. The molecule has 9 nitrogen and oxygen atoms in total. The van der Waals surface area contributed by atoms with Gasteiger partial charge in [0, 0.05) is 11.9 Å². The normalized spacial score (nSPS) is 10.0. The van der Waals surface area contributed by atoms with Crippen LogP contribution in [-0.4, -0.2) is 34.1 Å². The molecule has 3 N–H and O–H groups in total. The molecule has 2 aromatic heterocycles. The summed E-state index contributed by atoms with van der Waals surface area (Å²) in [5.41, 5.74) is 3.02. The Bertz CT molecular complexity index is 1600. The van der Waals surface area contributed by atoms with Crippen LogP contribution in [-0.2, 0) is 13.2 Å². The van der Waals surface area contributed by atoms with Gasteiger partial charge in [0.25, 0.3) is 0 Å². The van der Waals surface area contributed by atoms with Crippen molar-refractivity contribution in [3.63, 3.8) is 0 Å². The van der Waals surface area contributed by atoms with E-state index in [0.29, 0.717) is 44.8 Å². The number of carbonyl (C=O) groups excluding carboxylic acids is 1. The van der Waals surface area contributed by atoms with E-state index in [1.54, 1.807) is 54.7 Å². The predicted molar refractivity (Wildman–Crippen MR) is 149 cm³/mol. The van der Waals surface area contributed by atoms with Crippen molar-refractivity contribution in [1.82, 2.24) is 25.6 Å². The van der Waals surface area contributed by atoms with Crippen molar-refractivity contribution < 1.29 is 13.9 Å². The number of ether oxygens (including phenoxy) is 1. The van der Waals surface area contributed by atoms with Gasteiger partial charge in [0.05, 0.1) is 29.4 Å². The number of urea groups is 1. The summed E-state index contributed by atoms with van der Waals surface area (Å²) < 4.78 is 19.1. The number of anilines is 2. The second kappa shape index (κ2) is 14.1. The molecular weight excluding hydrogens is 533 g/mol. The first-order valence-electron chi connectivity index (χ1n) is 12.1. The molecule has 2 heterocycles. The highest BCUT2D eigenvalue weighted by molar-refractivity contribution is 6.32. The van der Waals surface area contributed by atoms with Crippen molar-refractivity contribution in [1.29, 1.82) is 0 Å². The van der Waals surface area contributed by atoms with Gasteiger partial charge in [-0.1, -0.05) is 35.7 Å². The van der Waals surface area contributed by atoms with Crippen LogP contribution >= 0.6 is 11.6 Å². The molecule has 40 heavy (non-hydrogen) atoms. The van der Waals surface area contributed by atoms with Gasteiger partial charge in [-0.3, -0.25) is 0 Å². The lowest BCUT2D eigenvalue weighted by Crippen LogP contribution is -2.36. The van der Waals surface area contributed by atoms with E-state index in [0.717, 1.165) is 0 Å². The molecule has 0 saturated heterocycles. The summed E-state index contributed by atoms with van der Waals surface area (Å²) in [6.45, 7) is 7.63. The number of nitrogens with zero attached hydrogens (tertiary/aromatic N) is 4. The summed E-state index contributed by atoms with van der Waals surface area (Å²) >= 11 is 6.42. The number of carbonyl (C=O) groups is 1. The van der Waals surface area contributed by atoms with Crippen molar-refractivity contribution in [3.8, 4) is 17.6 Å². The van der Waals surface area contributed by atoms with Gasteiger partial charge in [-0.2, -0.15) is 0 Å². The highest BCUT2D eigenvalue weighted by atomic mass is 35.5. The van der Waals surface area contributed by atoms with Gasteiger partial charge in [0.15, 0.2) is 0 Å². The topological polar surface area (TPSA) is 105 Å². The second-order valence-electron chi connectivity index (χ2n) is 8.23. The van der Waals surface area contributed by atoms with Gasteiger partial charge >= 0.3 is 6.03 Å². The third kappa shape index (κ3) is 8.42. The molecule has 2 amide bonds. The van der Waals surface area contributed by atoms with Crippen LogP contribution in [0.25, 0.3) is 4.85 Å². The average molecular weight is 556 g/mol. The Morgan fingerprint density at radius 3 is 2.80 bits per heavy atom. The standard InChI is InChI=1S/C29H23ClFN7O2/c1-32-12-13-34-29(39)35-17-25-7-3-6-23(37-25)9-8-21-16-33-19-36-28(21)38-24-10-11-27(26(30)15-24)40-18-20-4-2-5-22(31)14-20/h2-7,10-11,14-16,19H,12-13,17-18H2,(H,33,36,38)(H2,34,35,39). The van der Waals surface area contributed by atoms with Crippen molar-refractivity contribution in [2.75, 3.05) is 18.4 Å². The van der Waals surface area contributed by atoms with Gasteiger partial charge in [0.2, 0.25) is 6.54 Å². The fraction of sp³-hybridized carbons (Fsp3) is 0.138. The monoisotopic (exact) mass is 555 g/mol. The van der Waals surface area contributed by atoms with Crippen LogP contribution < -0.4 is 20.7 Å². The van der Waals surface area contributed by atoms with Gasteiger partial charge in [-0.15, -0.1) is 0 Å². The van der Waals surface area contributed by atoms with Crippen LogP contribution in [0.2, 0.25) is 5.02 Å². The molecule has 0 atom stereocenters. The Labute approximate surface area is 235 Å². The third-order valence-corrected chi connectivity index (χ3v) is 5.56. The molecule has 4 aromatic rings. The van der Waals surface area contributed by atoms with Gasteiger partial charge in [0.1, 0.15) is 36.0 Å². The number of rotatable bonds is 9. The number of amides is 2. The molecule has 0 fully saturated rings. The van der Waals surface area contributed by atoms with E-state index in [9.17, 15) is 9.18 Å². The van der Waals surface area contributed by atoms with E-state index in [-0.39, 0.29) is 38.1 Å². The van der Waals surface area contributed by atoms with Crippen LogP contribution in [0.3, 0.4) is 0 Å². The van der Waals surface area contributed by atoms with Crippen LogP contribution in [0.15, 0.2) is 73.2 Å². The number of aromatic nitrogens is 3. The van der Waals surface area contributed by atoms with Gasteiger partial charge in [-0.25, -0.2) is 30.7 Å². The number of hydrogen-bond donors (Lipinski definition) is 3. The zero-order valence-electron chi connectivity index (χ0n) is 21.1. The zero-order chi connectivity index (χ0) is 28.2. The molecular formula is C29H23ClFN7O2. The summed E-state index contributed by atoms with van der Waals surface area (Å²) in [7, 11) is 0. The van der Waals surface area contributed by atoms with E-state index in [1.165, 1.54) is 18.5 Å². The lowest BCUT2D eigenvalue weighted by Gasteiger charge is -2.11. The quantitative estimate of drug-likeness (QED) is 0.151. The van der Waals surface area contributed by atoms with E-state index >= 15 is 0 Å². The van der Waals surface area contributed by atoms with E-state index < -0.39 is 0 Å². The predicted octanol–water partition coefficient (Wildman–Crippen LogP) is 5.10. The Kier molecular flexibility index (Phi) is 9.81. The number of benzene rings is 2. The fourth-order valence-corrected chi connectivity index (χ4v) is 3.61. The molecule has 0 radical (unpaired) electrons. The zero-order valence-corrected chi connectivity index (χ0v) is 21.9. The third-order valence-electron chi connectivity index (χ3n) is 5.26. The van der Waals surface area contributed by atoms with E-state index in [1.807, 2.05) is 0 Å². The lowest BCUT2D eigenvalue weighted by atomic mass is 10.2. The molecule has 0 saturated carbocycles. The van der Waals surface area contributed by atoms with Crippen molar-refractivity contribution >= 4 is 29.1 Å². The van der Waals surface area contributed by atoms with Crippen LogP contribution in [0.1, 0.15) is 22.5 Å². The van der Waals surface area contributed by atoms with Crippen LogP contribution in [0.5, 0.6) is 5.75 Å². The minimum absolute atomic E-state index is 0.178. The van der Waals surface area contributed by atoms with Crippen molar-refractivity contribution in [3.05, 3.63) is 118 Å². The Morgan fingerprint density at radius 2 is 1.98 bits per heavy atom. The summed E-state index contributed by atoms with van der Waals surface area (Å²) in [5, 5.41) is 8.85. The first-order chi connectivity index (χ1) is 19.5. The van der Waals surface area contributed by atoms with Gasteiger partial charge < -0.3 is 25.5 Å². The second-order valence-corrected chi connectivity index (χ2v) is 8.64. The molecule has 0 aliphatic carbocycles. The summed E-state index contributed by atoms with van der Waals surface area (Å²) in [6.07, 6.45) is 2.98. The summed E-state index contributed by atoms with van der Waals surface area (Å²) in [5.74, 6) is 6.63. The molecule has 0 aliphatic heterocycles. The minimum atomic E-state index is -0.370. The average Bonchev–Trinajstić information content (AvgIpc) is 2.96. The Hall–Kier alpha value is -5.19. The maximum atomic E-state index is 13.4. The van der Waals surface area contributed by atoms with Crippen molar-refractivity contribution in [2.24, 2.45) is 0 Å². The maximum absolute atomic E-state index is 13.4. The molecule has 11 heteroatoms. The summed E-state index contributed by atoms with van der Waals surface area (Å²) in [6, 6.07) is 16.3. The lowest BCUT2D eigenvalue weighted by molar-refractivity contribution is 0.241. The summed E-state index contributed by atoms with van der Waals surface area (Å²) in [4.78, 5) is 27.8. The SMILES string of the molecule is [C-]#[N+]CCNC(=O)NCc1cccc(C#Cc2cncnc2Nc2ccc(OCc3cccc(F)c3)c(Cl)c2)n1. The minimum Gasteiger partial charge on any atom is -0.487 e. The number of halogens is 2. The number of hydrogen-bond acceptors (Lipinski definition) is 6. The largest absolute Gasteiger partial charge is 0.487 e. The highest BCUT2D eigenvalue weighted by Gasteiger charge is 2.08. The number of nitrogens with one attached hydrogen (secondary N) is 3. The molecule has 0 bridgehead atoms. The smallest absolute Gasteiger partial charge is 0.315 e. The molecule has 4 rings (SSSR count). The van der Waals surface area contributed by atoms with E-state index in [2.05, 4.69) is 47.6 Å². The maximum Gasteiger partial charge on any atom is 0.315 e. The van der Waals surface area contributed by atoms with Crippen LogP contribution in [0, 0.1) is 24.2 Å². The van der Waals surface area contributed by atoms with Gasteiger partial charge in [-0.05, 0) is 53.9 Å². The molecule has 0 spiro atoms. The first kappa shape index (κ1) is 27.8. The van der Waals surface area contributed by atoms with Crippen LogP contribution in [0.4, 0.5) is 20.7 Å². The molecule has 0 aliphatic rings. The van der Waals surface area contributed by atoms with Crippen molar-refractivity contribution in [2.45, 2.75) is 13.2 Å². The Balaban J connectivity index is 1.40. The van der Waals surface area contributed by atoms with E-state index in [4.69, 9.17) is 22.9 Å². The fourth-order valence-electron chi connectivity index (χ4n) is 3.38. The first-order valence-corrected chi connectivity index (χ1v) is 12.4. The number of pyridine rings is 1. The molecule has 2 aromatic carbocycles. The molecule has 200 valence electrons.